The summed E-state index contributed by atoms with van der Waals surface area (Å²) in [5, 5.41) is 37.4. The van der Waals surface area contributed by atoms with Gasteiger partial charge in [-0.15, -0.1) is 0 Å². The number of carbonyl (C=O) groups excluding carboxylic acids is 3. The largest absolute Gasteiger partial charge is 0.392 e. The third-order valence-corrected chi connectivity index (χ3v) is 4.25. The fraction of sp³-hybridized carbons (Fsp3) is 0.667. The monoisotopic (exact) mass is 356 g/mol. The molecule has 0 aromatic heterocycles. The van der Waals surface area contributed by atoms with E-state index in [1.165, 1.54) is 6.08 Å². The minimum atomic E-state index is -1.25. The molecule has 0 bridgehead atoms. The Morgan fingerprint density at radius 1 is 1.28 bits per heavy atom. The van der Waals surface area contributed by atoms with Crippen LogP contribution in [0, 0.1) is 0 Å². The summed E-state index contributed by atoms with van der Waals surface area (Å²) in [6.45, 7) is 0.363. The quantitative estimate of drug-likeness (QED) is 0.256. The molecule has 0 spiro atoms. The second-order valence-electron chi connectivity index (χ2n) is 6.31. The Labute approximate surface area is 144 Å². The van der Waals surface area contributed by atoms with Crippen LogP contribution < -0.4 is 21.7 Å². The van der Waals surface area contributed by atoms with Gasteiger partial charge in [-0.05, 0) is 6.42 Å². The second kappa shape index (κ2) is 8.39. The molecule has 1 fully saturated rings. The summed E-state index contributed by atoms with van der Waals surface area (Å²) >= 11 is 0. The average Bonchev–Trinajstić information content (AvgIpc) is 2.97. The van der Waals surface area contributed by atoms with Crippen LogP contribution in [0.3, 0.4) is 0 Å². The molecule has 1 heterocycles. The highest BCUT2D eigenvalue weighted by Gasteiger charge is 2.36. The Morgan fingerprint density at radius 3 is 2.60 bits per heavy atom. The molecule has 0 aromatic rings. The van der Waals surface area contributed by atoms with Crippen molar-refractivity contribution >= 4 is 17.7 Å². The van der Waals surface area contributed by atoms with E-state index in [2.05, 4.69) is 16.0 Å². The van der Waals surface area contributed by atoms with Crippen LogP contribution in [-0.2, 0) is 14.4 Å². The van der Waals surface area contributed by atoms with Crippen molar-refractivity contribution in [1.82, 2.24) is 16.0 Å². The van der Waals surface area contributed by atoms with Gasteiger partial charge in [0.25, 0.3) is 0 Å². The fourth-order valence-electron chi connectivity index (χ4n) is 2.86. The Hall–Kier alpha value is -2.01. The highest BCUT2D eigenvalue weighted by atomic mass is 16.3. The smallest absolute Gasteiger partial charge is 0.247 e. The van der Waals surface area contributed by atoms with Gasteiger partial charge in [-0.3, -0.25) is 14.4 Å². The third kappa shape index (κ3) is 5.23. The molecule has 1 aliphatic carbocycles. The van der Waals surface area contributed by atoms with Crippen molar-refractivity contribution in [3.05, 3.63) is 11.6 Å². The lowest BCUT2D eigenvalue weighted by Crippen LogP contribution is -2.54. The lowest BCUT2D eigenvalue weighted by Gasteiger charge is -2.31. The molecule has 1 saturated heterocycles. The lowest BCUT2D eigenvalue weighted by molar-refractivity contribution is -0.125. The van der Waals surface area contributed by atoms with Crippen LogP contribution in [0.5, 0.6) is 0 Å². The van der Waals surface area contributed by atoms with E-state index in [1.807, 2.05) is 0 Å². The molecule has 5 atom stereocenters. The molecule has 0 saturated carbocycles. The Balaban J connectivity index is 1.98. The molecule has 2 aliphatic rings. The van der Waals surface area contributed by atoms with E-state index in [1.54, 1.807) is 0 Å². The first-order valence-corrected chi connectivity index (χ1v) is 8.13. The highest BCUT2D eigenvalue weighted by Crippen LogP contribution is 2.20. The van der Waals surface area contributed by atoms with Crippen LogP contribution in [0.1, 0.15) is 19.3 Å². The van der Waals surface area contributed by atoms with E-state index in [9.17, 15) is 29.7 Å². The van der Waals surface area contributed by atoms with Gasteiger partial charge < -0.3 is 37.0 Å². The summed E-state index contributed by atoms with van der Waals surface area (Å²) in [7, 11) is 0. The highest BCUT2D eigenvalue weighted by molar-refractivity contribution is 5.94. The summed E-state index contributed by atoms with van der Waals surface area (Å²) in [5.41, 5.74) is 5.20. The SMILES string of the molecule is NC(=O)CCNC(=O)C1=CC(NC(=O)C2CC(O)CN2)C(O)C(O)C1. The molecule has 1 aliphatic heterocycles. The molecule has 2 rings (SSSR count). The minimum Gasteiger partial charge on any atom is -0.392 e. The first kappa shape index (κ1) is 19.3. The molecule has 3 amide bonds. The van der Waals surface area contributed by atoms with Gasteiger partial charge in [0, 0.05) is 31.5 Å². The van der Waals surface area contributed by atoms with E-state index in [0.717, 1.165) is 0 Å². The minimum absolute atomic E-state index is 0.0139. The number of nitrogens with one attached hydrogen (secondary N) is 3. The van der Waals surface area contributed by atoms with Crippen molar-refractivity contribution in [2.75, 3.05) is 13.1 Å². The van der Waals surface area contributed by atoms with E-state index in [4.69, 9.17) is 5.73 Å². The van der Waals surface area contributed by atoms with Crippen molar-refractivity contribution in [1.29, 1.82) is 0 Å². The topological polar surface area (TPSA) is 174 Å². The van der Waals surface area contributed by atoms with Gasteiger partial charge in [0.05, 0.1) is 24.3 Å². The number of aliphatic hydroxyl groups is 3. The van der Waals surface area contributed by atoms with E-state index >= 15 is 0 Å². The standard InChI is InChI=1S/C15H24N4O6/c16-12(22)1-2-17-14(24)7-3-9(13(23)11(21)4-7)19-15(25)10-5-8(20)6-18-10/h3,8-11,13,18,20-21,23H,1-2,4-6H2,(H2,16,22)(H,17,24)(H,19,25). The number of carbonyl (C=O) groups is 3. The van der Waals surface area contributed by atoms with Gasteiger partial charge in [-0.2, -0.15) is 0 Å². The number of rotatable bonds is 6. The molecule has 5 unspecified atom stereocenters. The summed E-state index contributed by atoms with van der Waals surface area (Å²) < 4.78 is 0. The second-order valence-corrected chi connectivity index (χ2v) is 6.31. The van der Waals surface area contributed by atoms with E-state index in [-0.39, 0.29) is 31.4 Å². The Kier molecular flexibility index (Phi) is 6.48. The zero-order valence-electron chi connectivity index (χ0n) is 13.6. The molecular weight excluding hydrogens is 332 g/mol. The predicted molar refractivity (Wildman–Crippen MR) is 85.9 cm³/mol. The summed E-state index contributed by atoms with van der Waals surface area (Å²) in [4.78, 5) is 34.9. The Morgan fingerprint density at radius 2 is 2.00 bits per heavy atom. The van der Waals surface area contributed by atoms with Crippen LogP contribution >= 0.6 is 0 Å². The van der Waals surface area contributed by atoms with Gasteiger partial charge in [0.2, 0.25) is 17.7 Å². The van der Waals surface area contributed by atoms with Crippen molar-refractivity contribution in [3.8, 4) is 0 Å². The lowest BCUT2D eigenvalue weighted by atomic mass is 9.89. The summed E-state index contributed by atoms with van der Waals surface area (Å²) in [6, 6.07) is -1.53. The zero-order valence-corrected chi connectivity index (χ0v) is 13.6. The number of hydrogen-bond donors (Lipinski definition) is 7. The molecule has 0 aromatic carbocycles. The number of β-amino-alcohol motifs (C(OH)–C–C–N with tert-alkyl or cyclic N) is 1. The van der Waals surface area contributed by atoms with Crippen molar-refractivity contribution < 1.29 is 29.7 Å². The molecule has 0 radical (unpaired) electrons. The third-order valence-electron chi connectivity index (χ3n) is 4.25. The van der Waals surface area contributed by atoms with Crippen molar-refractivity contribution in [2.45, 2.75) is 49.7 Å². The van der Waals surface area contributed by atoms with Gasteiger partial charge in [-0.25, -0.2) is 0 Å². The predicted octanol–water partition coefficient (Wildman–Crippen LogP) is -3.76. The van der Waals surface area contributed by atoms with E-state index in [0.29, 0.717) is 6.54 Å². The first-order valence-electron chi connectivity index (χ1n) is 8.13. The maximum Gasteiger partial charge on any atom is 0.247 e. The van der Waals surface area contributed by atoms with Gasteiger partial charge in [0.15, 0.2) is 0 Å². The fourth-order valence-corrected chi connectivity index (χ4v) is 2.86. The molecule has 25 heavy (non-hydrogen) atoms. The van der Waals surface area contributed by atoms with Crippen molar-refractivity contribution in [2.24, 2.45) is 5.73 Å². The first-order chi connectivity index (χ1) is 11.8. The van der Waals surface area contributed by atoms with Crippen LogP contribution in [0.4, 0.5) is 0 Å². The molecule has 8 N–H and O–H groups in total. The van der Waals surface area contributed by atoms with Crippen LogP contribution in [-0.4, -0.2) is 76.5 Å². The summed E-state index contributed by atoms with van der Waals surface area (Å²) in [6.07, 6.45) is -1.52. The summed E-state index contributed by atoms with van der Waals surface area (Å²) in [5.74, 6) is -1.48. The number of hydrogen-bond acceptors (Lipinski definition) is 7. The maximum atomic E-state index is 12.2. The number of nitrogens with two attached hydrogens (primary N) is 1. The molecular formula is C15H24N4O6. The van der Waals surface area contributed by atoms with Gasteiger partial charge >= 0.3 is 0 Å². The van der Waals surface area contributed by atoms with Gasteiger partial charge in [-0.1, -0.05) is 6.08 Å². The van der Waals surface area contributed by atoms with Gasteiger partial charge in [0.1, 0.15) is 6.10 Å². The molecule has 140 valence electrons. The van der Waals surface area contributed by atoms with Crippen molar-refractivity contribution in [3.63, 3.8) is 0 Å². The van der Waals surface area contributed by atoms with E-state index < -0.39 is 48.1 Å². The van der Waals surface area contributed by atoms with Crippen LogP contribution in [0.15, 0.2) is 11.6 Å². The number of amides is 3. The maximum absolute atomic E-state index is 12.2. The molecule has 10 nitrogen and oxygen atoms in total. The molecule has 10 heteroatoms. The number of aliphatic hydroxyl groups excluding tert-OH is 3. The average molecular weight is 356 g/mol. The number of primary amides is 1. The van der Waals surface area contributed by atoms with Crippen LogP contribution in [0.2, 0.25) is 0 Å². The zero-order chi connectivity index (χ0) is 18.6. The Bertz CT molecular complexity index is 566. The van der Waals surface area contributed by atoms with Crippen LogP contribution in [0.25, 0.3) is 0 Å². The normalized spacial score (nSPS) is 32.0.